The van der Waals surface area contributed by atoms with Crippen molar-refractivity contribution in [2.75, 3.05) is 21.3 Å². The van der Waals surface area contributed by atoms with Gasteiger partial charge in [0, 0.05) is 23.9 Å². The molecule has 6 nitrogen and oxygen atoms in total. The smallest absolute Gasteiger partial charge is 0.203 e. The number of benzene rings is 1. The maximum Gasteiger partial charge on any atom is 0.203 e. The van der Waals surface area contributed by atoms with Gasteiger partial charge in [0.25, 0.3) is 0 Å². The van der Waals surface area contributed by atoms with Crippen LogP contribution in [0.1, 0.15) is 24.1 Å². The molecule has 6 heteroatoms. The molecule has 1 heterocycles. The molecule has 2 N–H and O–H groups in total. The number of methoxy groups -OCH3 is 3. The first-order valence-corrected chi connectivity index (χ1v) is 6.73. The lowest BCUT2D eigenvalue weighted by molar-refractivity contribution is 0.321. The van der Waals surface area contributed by atoms with Crippen LogP contribution in [0.4, 0.5) is 0 Å². The summed E-state index contributed by atoms with van der Waals surface area (Å²) in [5.41, 5.74) is 8.09. The van der Waals surface area contributed by atoms with Gasteiger partial charge >= 0.3 is 0 Å². The molecule has 0 spiro atoms. The molecule has 0 fully saturated rings. The van der Waals surface area contributed by atoms with Crippen molar-refractivity contribution >= 4 is 0 Å². The summed E-state index contributed by atoms with van der Waals surface area (Å²) < 4.78 is 18.0. The average molecular weight is 291 g/mol. The van der Waals surface area contributed by atoms with Crippen molar-refractivity contribution in [3.63, 3.8) is 0 Å². The summed E-state index contributed by atoms with van der Waals surface area (Å²) in [5.74, 6) is 1.72. The van der Waals surface area contributed by atoms with Crippen LogP contribution < -0.4 is 19.9 Å². The molecule has 0 amide bonds. The fourth-order valence-electron chi connectivity index (χ4n) is 2.26. The Bertz CT molecular complexity index is 610. The van der Waals surface area contributed by atoms with Gasteiger partial charge in [0.2, 0.25) is 5.75 Å². The Morgan fingerprint density at radius 2 is 1.86 bits per heavy atom. The number of hydrogen-bond donors (Lipinski definition) is 1. The predicted molar refractivity (Wildman–Crippen MR) is 80.0 cm³/mol. The fourth-order valence-corrected chi connectivity index (χ4v) is 2.26. The summed E-state index contributed by atoms with van der Waals surface area (Å²) in [7, 11) is 4.75. The first-order valence-electron chi connectivity index (χ1n) is 6.73. The molecule has 0 saturated carbocycles. The van der Waals surface area contributed by atoms with Crippen LogP contribution in [-0.4, -0.2) is 31.1 Å². The van der Waals surface area contributed by atoms with Crippen molar-refractivity contribution in [3.8, 4) is 17.2 Å². The number of nitrogens with zero attached hydrogens (tertiary/aromatic N) is 2. The molecule has 1 aromatic heterocycles. The molecular weight excluding hydrogens is 270 g/mol. The van der Waals surface area contributed by atoms with E-state index in [2.05, 4.69) is 5.10 Å². The third kappa shape index (κ3) is 2.80. The van der Waals surface area contributed by atoms with Gasteiger partial charge in [-0.25, -0.2) is 0 Å². The van der Waals surface area contributed by atoms with Gasteiger partial charge in [-0.2, -0.15) is 5.10 Å². The Labute approximate surface area is 124 Å². The molecule has 114 valence electrons. The first kappa shape index (κ1) is 15.2. The van der Waals surface area contributed by atoms with E-state index in [1.54, 1.807) is 27.5 Å². The maximum absolute atomic E-state index is 6.35. The second kappa shape index (κ2) is 6.49. The standard InChI is InChI=1S/C15H21N3O3/c1-5-18-9-10(8-17-18)13(16)11-6-7-12(19-2)15(21-4)14(11)20-3/h6-9,13H,5,16H2,1-4H3. The highest BCUT2D eigenvalue weighted by atomic mass is 16.5. The first-order chi connectivity index (χ1) is 10.2. The summed E-state index contributed by atoms with van der Waals surface area (Å²) >= 11 is 0. The molecule has 2 rings (SSSR count). The van der Waals surface area contributed by atoms with Crippen LogP contribution in [-0.2, 0) is 6.54 Å². The van der Waals surface area contributed by atoms with E-state index in [0.717, 1.165) is 17.7 Å². The molecule has 0 radical (unpaired) electrons. The van der Waals surface area contributed by atoms with Gasteiger partial charge in [-0.3, -0.25) is 4.68 Å². The molecule has 1 unspecified atom stereocenters. The summed E-state index contributed by atoms with van der Waals surface area (Å²) in [5, 5.41) is 4.25. The summed E-state index contributed by atoms with van der Waals surface area (Å²) in [6, 6.07) is 3.36. The van der Waals surface area contributed by atoms with Gasteiger partial charge in [-0.05, 0) is 19.1 Å². The Balaban J connectivity index is 2.47. The van der Waals surface area contributed by atoms with Crippen molar-refractivity contribution in [1.29, 1.82) is 0 Å². The molecule has 0 aliphatic heterocycles. The van der Waals surface area contributed by atoms with Gasteiger partial charge in [0.15, 0.2) is 11.5 Å². The predicted octanol–water partition coefficient (Wildman–Crippen LogP) is 1.98. The molecule has 0 aliphatic carbocycles. The Morgan fingerprint density at radius 1 is 1.14 bits per heavy atom. The van der Waals surface area contributed by atoms with Crippen LogP contribution in [0.25, 0.3) is 0 Å². The van der Waals surface area contributed by atoms with E-state index >= 15 is 0 Å². The van der Waals surface area contributed by atoms with Gasteiger partial charge in [-0.15, -0.1) is 0 Å². The monoisotopic (exact) mass is 291 g/mol. The van der Waals surface area contributed by atoms with E-state index in [0.29, 0.717) is 17.2 Å². The summed E-state index contributed by atoms with van der Waals surface area (Å²) in [6.45, 7) is 2.83. The summed E-state index contributed by atoms with van der Waals surface area (Å²) in [4.78, 5) is 0. The topological polar surface area (TPSA) is 71.5 Å². The summed E-state index contributed by atoms with van der Waals surface area (Å²) in [6.07, 6.45) is 3.70. The van der Waals surface area contributed by atoms with Gasteiger partial charge < -0.3 is 19.9 Å². The van der Waals surface area contributed by atoms with Gasteiger partial charge in [0.1, 0.15) is 0 Å². The van der Waals surface area contributed by atoms with Crippen LogP contribution in [0.3, 0.4) is 0 Å². The van der Waals surface area contributed by atoms with Crippen LogP contribution in [0.5, 0.6) is 17.2 Å². The second-order valence-corrected chi connectivity index (χ2v) is 4.53. The lowest BCUT2D eigenvalue weighted by atomic mass is 10.0. The van der Waals surface area contributed by atoms with E-state index in [-0.39, 0.29) is 6.04 Å². The Hall–Kier alpha value is -2.21. The second-order valence-electron chi connectivity index (χ2n) is 4.53. The largest absolute Gasteiger partial charge is 0.493 e. The minimum Gasteiger partial charge on any atom is -0.493 e. The van der Waals surface area contributed by atoms with Gasteiger partial charge in [-0.1, -0.05) is 0 Å². The Kier molecular flexibility index (Phi) is 4.70. The van der Waals surface area contributed by atoms with E-state index in [1.807, 2.05) is 29.9 Å². The van der Waals surface area contributed by atoms with E-state index in [4.69, 9.17) is 19.9 Å². The SMILES string of the molecule is CCn1cc(C(N)c2ccc(OC)c(OC)c2OC)cn1. The lowest BCUT2D eigenvalue weighted by Crippen LogP contribution is -2.13. The normalized spacial score (nSPS) is 12.0. The highest BCUT2D eigenvalue weighted by Gasteiger charge is 2.21. The number of ether oxygens (including phenoxy) is 3. The average Bonchev–Trinajstić information content (AvgIpc) is 3.01. The Morgan fingerprint density at radius 3 is 2.38 bits per heavy atom. The molecular formula is C15H21N3O3. The number of rotatable bonds is 6. The van der Waals surface area contributed by atoms with Crippen molar-refractivity contribution in [2.24, 2.45) is 5.73 Å². The molecule has 0 saturated heterocycles. The maximum atomic E-state index is 6.35. The number of nitrogens with two attached hydrogens (primary N) is 1. The third-order valence-corrected chi connectivity index (χ3v) is 3.41. The van der Waals surface area contributed by atoms with Crippen molar-refractivity contribution in [3.05, 3.63) is 35.7 Å². The van der Waals surface area contributed by atoms with Crippen LogP contribution in [0.2, 0.25) is 0 Å². The van der Waals surface area contributed by atoms with Crippen LogP contribution in [0.15, 0.2) is 24.5 Å². The molecule has 21 heavy (non-hydrogen) atoms. The van der Waals surface area contributed by atoms with E-state index < -0.39 is 0 Å². The lowest BCUT2D eigenvalue weighted by Gasteiger charge is -2.19. The van der Waals surface area contributed by atoms with Crippen molar-refractivity contribution in [2.45, 2.75) is 19.5 Å². The number of aromatic nitrogens is 2. The minimum atomic E-state index is -0.347. The zero-order valence-corrected chi connectivity index (χ0v) is 12.8. The zero-order valence-electron chi connectivity index (χ0n) is 12.8. The quantitative estimate of drug-likeness (QED) is 0.881. The van der Waals surface area contributed by atoms with E-state index in [1.165, 1.54) is 0 Å². The highest BCUT2D eigenvalue weighted by molar-refractivity contribution is 5.57. The molecule has 1 aromatic carbocycles. The van der Waals surface area contributed by atoms with Gasteiger partial charge in [0.05, 0.1) is 33.6 Å². The van der Waals surface area contributed by atoms with Crippen molar-refractivity contribution in [1.82, 2.24) is 9.78 Å². The molecule has 0 aliphatic rings. The zero-order chi connectivity index (χ0) is 15.4. The molecule has 1 atom stereocenters. The van der Waals surface area contributed by atoms with Crippen LogP contribution >= 0.6 is 0 Å². The van der Waals surface area contributed by atoms with Crippen molar-refractivity contribution < 1.29 is 14.2 Å². The van der Waals surface area contributed by atoms with E-state index in [9.17, 15) is 0 Å². The number of hydrogen-bond acceptors (Lipinski definition) is 5. The fraction of sp³-hybridized carbons (Fsp3) is 0.400. The third-order valence-electron chi connectivity index (χ3n) is 3.41. The number of aryl methyl sites for hydroxylation is 1. The molecule has 2 aromatic rings. The minimum absolute atomic E-state index is 0.347. The van der Waals surface area contributed by atoms with Crippen LogP contribution in [0, 0.1) is 0 Å². The molecule has 0 bridgehead atoms. The highest BCUT2D eigenvalue weighted by Crippen LogP contribution is 2.42.